The molecule has 2 heterocycles. The maximum atomic E-state index is 11.8. The molecule has 0 fully saturated rings. The second-order valence-corrected chi connectivity index (χ2v) is 6.27. The van der Waals surface area contributed by atoms with Gasteiger partial charge in [0.2, 0.25) is 0 Å². The average molecular weight is 322 g/mol. The van der Waals surface area contributed by atoms with Gasteiger partial charge in [-0.15, -0.1) is 0 Å². The summed E-state index contributed by atoms with van der Waals surface area (Å²) in [5, 5.41) is 21.4. The van der Waals surface area contributed by atoms with Gasteiger partial charge < -0.3 is 10.9 Å². The largest absolute Gasteiger partial charge is 0.618 e. The Morgan fingerprint density at radius 3 is 2.52 bits per heavy atom. The van der Waals surface area contributed by atoms with Gasteiger partial charge in [-0.2, -0.15) is 9.99 Å². The number of thiazole rings is 1. The summed E-state index contributed by atoms with van der Waals surface area (Å²) in [4.78, 5) is 5.31. The Labute approximate surface area is 137 Å². The zero-order valence-electron chi connectivity index (χ0n) is 12.7. The minimum atomic E-state index is 0.450. The van der Waals surface area contributed by atoms with Crippen LogP contribution >= 0.6 is 11.3 Å². The smallest absolute Gasteiger partial charge is 0.190 e. The molecule has 1 aromatic carbocycles. The van der Waals surface area contributed by atoms with Gasteiger partial charge in [-0.1, -0.05) is 23.5 Å². The first-order valence-electron chi connectivity index (χ1n) is 6.97. The number of nitrogen functional groups attached to an aromatic ring is 1. The topological polar surface area (TPSA) is 89.6 Å². The lowest BCUT2D eigenvalue weighted by Crippen LogP contribution is -2.33. The van der Waals surface area contributed by atoms with Crippen molar-refractivity contribution in [3.8, 4) is 27.8 Å². The Hall–Kier alpha value is -2.91. The van der Waals surface area contributed by atoms with Crippen LogP contribution in [0.5, 0.6) is 0 Å². The number of nitrogens with two attached hydrogens (primary N) is 1. The summed E-state index contributed by atoms with van der Waals surface area (Å²) < 4.78 is 0.893. The molecule has 0 saturated heterocycles. The first kappa shape index (κ1) is 15.0. The number of pyridine rings is 1. The summed E-state index contributed by atoms with van der Waals surface area (Å²) in [6, 6.07) is 13.0. The summed E-state index contributed by atoms with van der Waals surface area (Å²) in [6.45, 7) is 3.54. The standard InChI is InChI=1S/C17H14N4OS/c1-10-6-14(7-11(2)21(10)22)16-15(20-17(19)23-16)13-5-3-4-12(8-13)9-18/h3-8H,1-2H3,(H2,19,20). The molecule has 0 bridgehead atoms. The third-order valence-corrected chi connectivity index (χ3v) is 4.47. The minimum Gasteiger partial charge on any atom is -0.618 e. The van der Waals surface area contributed by atoms with Gasteiger partial charge in [-0.25, -0.2) is 4.98 Å². The average Bonchev–Trinajstić information content (AvgIpc) is 2.94. The lowest BCUT2D eigenvalue weighted by atomic mass is 10.0. The number of anilines is 1. The summed E-state index contributed by atoms with van der Waals surface area (Å²) in [5.41, 5.74) is 10.2. The Morgan fingerprint density at radius 1 is 1.17 bits per heavy atom. The van der Waals surface area contributed by atoms with Gasteiger partial charge in [0, 0.05) is 37.1 Å². The number of hydrogen-bond acceptors (Lipinski definition) is 5. The molecule has 0 unspecified atom stereocenters. The van der Waals surface area contributed by atoms with E-state index in [9.17, 15) is 5.21 Å². The number of rotatable bonds is 2. The Kier molecular flexibility index (Phi) is 3.72. The Balaban J connectivity index is 2.21. The molecule has 0 saturated carbocycles. The van der Waals surface area contributed by atoms with Gasteiger partial charge in [0.1, 0.15) is 0 Å². The maximum Gasteiger partial charge on any atom is 0.190 e. The van der Waals surface area contributed by atoms with E-state index in [-0.39, 0.29) is 0 Å². The summed E-state index contributed by atoms with van der Waals surface area (Å²) in [7, 11) is 0. The maximum absolute atomic E-state index is 11.8. The number of nitriles is 1. The van der Waals surface area contributed by atoms with Gasteiger partial charge in [0.15, 0.2) is 16.5 Å². The second kappa shape index (κ2) is 5.71. The van der Waals surface area contributed by atoms with Crippen LogP contribution in [0.3, 0.4) is 0 Å². The Morgan fingerprint density at radius 2 is 1.87 bits per heavy atom. The van der Waals surface area contributed by atoms with E-state index in [2.05, 4.69) is 11.1 Å². The van der Waals surface area contributed by atoms with Crippen molar-refractivity contribution in [2.45, 2.75) is 13.8 Å². The van der Waals surface area contributed by atoms with Crippen LogP contribution in [0.2, 0.25) is 0 Å². The van der Waals surface area contributed by atoms with Crippen molar-refractivity contribution < 1.29 is 4.73 Å². The molecule has 23 heavy (non-hydrogen) atoms. The van der Waals surface area contributed by atoms with Crippen LogP contribution in [0.1, 0.15) is 17.0 Å². The van der Waals surface area contributed by atoms with Crippen LogP contribution in [0.4, 0.5) is 5.13 Å². The van der Waals surface area contributed by atoms with E-state index in [0.29, 0.717) is 22.1 Å². The van der Waals surface area contributed by atoms with E-state index in [4.69, 9.17) is 11.0 Å². The van der Waals surface area contributed by atoms with E-state index in [1.54, 1.807) is 26.0 Å². The molecule has 0 radical (unpaired) electrons. The molecule has 2 N–H and O–H groups in total. The van der Waals surface area contributed by atoms with Crippen molar-refractivity contribution in [2.75, 3.05) is 5.73 Å². The highest BCUT2D eigenvalue weighted by molar-refractivity contribution is 7.19. The first-order valence-corrected chi connectivity index (χ1v) is 7.79. The number of aromatic nitrogens is 2. The van der Waals surface area contributed by atoms with E-state index >= 15 is 0 Å². The van der Waals surface area contributed by atoms with Gasteiger partial charge >= 0.3 is 0 Å². The predicted molar refractivity (Wildman–Crippen MR) is 90.5 cm³/mol. The zero-order valence-corrected chi connectivity index (χ0v) is 13.5. The van der Waals surface area contributed by atoms with Crippen LogP contribution < -0.4 is 10.5 Å². The molecule has 0 spiro atoms. The molecule has 0 atom stereocenters. The number of aryl methyl sites for hydroxylation is 2. The number of hydrogen-bond donors (Lipinski definition) is 1. The van der Waals surface area contributed by atoms with Gasteiger partial charge in [-0.3, -0.25) is 0 Å². The molecule has 2 aromatic heterocycles. The molecular weight excluding hydrogens is 308 g/mol. The van der Waals surface area contributed by atoms with Crippen molar-refractivity contribution in [2.24, 2.45) is 0 Å². The SMILES string of the molecule is Cc1cc(-c2sc(N)nc2-c2cccc(C#N)c2)cc(C)[n+]1[O-]. The minimum absolute atomic E-state index is 0.450. The second-order valence-electron chi connectivity index (χ2n) is 5.24. The van der Waals surface area contributed by atoms with Crippen molar-refractivity contribution in [1.82, 2.24) is 4.98 Å². The van der Waals surface area contributed by atoms with Crippen molar-refractivity contribution in [3.05, 3.63) is 58.6 Å². The van der Waals surface area contributed by atoms with Gasteiger partial charge in [-0.05, 0) is 12.1 Å². The van der Waals surface area contributed by atoms with Crippen molar-refractivity contribution in [1.29, 1.82) is 5.26 Å². The summed E-state index contributed by atoms with van der Waals surface area (Å²) in [5.74, 6) is 0. The molecule has 5 nitrogen and oxygen atoms in total. The van der Waals surface area contributed by atoms with Crippen LogP contribution in [-0.2, 0) is 0 Å². The molecule has 114 valence electrons. The Bertz CT molecular complexity index is 917. The summed E-state index contributed by atoms with van der Waals surface area (Å²) >= 11 is 1.37. The van der Waals surface area contributed by atoms with Gasteiger partial charge in [0.05, 0.1) is 22.2 Å². The molecule has 3 aromatic rings. The monoisotopic (exact) mass is 322 g/mol. The highest BCUT2D eigenvalue weighted by Crippen LogP contribution is 2.38. The van der Waals surface area contributed by atoms with Crippen molar-refractivity contribution >= 4 is 16.5 Å². The van der Waals surface area contributed by atoms with Crippen molar-refractivity contribution in [3.63, 3.8) is 0 Å². The van der Waals surface area contributed by atoms with Crippen LogP contribution in [-0.4, -0.2) is 4.98 Å². The van der Waals surface area contributed by atoms with E-state index < -0.39 is 0 Å². The fourth-order valence-electron chi connectivity index (χ4n) is 2.48. The van der Waals surface area contributed by atoms with E-state index in [1.165, 1.54) is 11.3 Å². The highest BCUT2D eigenvalue weighted by atomic mass is 32.1. The van der Waals surface area contributed by atoms with Crippen LogP contribution in [0.15, 0.2) is 36.4 Å². The first-order chi connectivity index (χ1) is 11.0. The fraction of sp³-hybridized carbons (Fsp3) is 0.118. The molecule has 3 rings (SSSR count). The third kappa shape index (κ3) is 2.74. The predicted octanol–water partition coefficient (Wildman–Crippen LogP) is 3.18. The van der Waals surface area contributed by atoms with Crippen LogP contribution in [0.25, 0.3) is 21.7 Å². The molecule has 0 aliphatic rings. The lowest BCUT2D eigenvalue weighted by molar-refractivity contribution is -0.619. The van der Waals surface area contributed by atoms with E-state index in [1.807, 2.05) is 24.3 Å². The number of benzene rings is 1. The quantitative estimate of drug-likeness (QED) is 0.579. The van der Waals surface area contributed by atoms with E-state index in [0.717, 1.165) is 26.4 Å². The molecule has 6 heteroatoms. The zero-order chi connectivity index (χ0) is 16.6. The highest BCUT2D eigenvalue weighted by Gasteiger charge is 2.17. The molecule has 0 aliphatic heterocycles. The van der Waals surface area contributed by atoms with Gasteiger partial charge in [0.25, 0.3) is 0 Å². The lowest BCUT2D eigenvalue weighted by Gasteiger charge is -2.08. The normalized spacial score (nSPS) is 10.5. The summed E-state index contributed by atoms with van der Waals surface area (Å²) in [6.07, 6.45) is 0. The molecule has 0 amide bonds. The third-order valence-electron chi connectivity index (χ3n) is 3.54. The number of nitrogens with zero attached hydrogens (tertiary/aromatic N) is 3. The fourth-order valence-corrected chi connectivity index (χ4v) is 3.32. The molecule has 0 aliphatic carbocycles. The van der Waals surface area contributed by atoms with Crippen LogP contribution in [0, 0.1) is 30.4 Å². The molecular formula is C17H14N4OS.